The van der Waals surface area contributed by atoms with E-state index in [1.54, 1.807) is 0 Å². The molecular weight excluding hydrogens is 488 g/mol. The van der Waals surface area contributed by atoms with Gasteiger partial charge in [0.25, 0.3) is 0 Å². The third-order valence-corrected chi connectivity index (χ3v) is 8.76. The Morgan fingerprint density at radius 2 is 1.10 bits per heavy atom. The molecule has 5 aromatic carbocycles. The van der Waals surface area contributed by atoms with E-state index >= 15 is 0 Å². The first-order valence-corrected chi connectivity index (χ1v) is 13.8. The van der Waals surface area contributed by atoms with E-state index in [2.05, 4.69) is 124 Å². The Morgan fingerprint density at radius 1 is 0.575 bits per heavy atom. The zero-order chi connectivity index (χ0) is 27.6. The van der Waals surface area contributed by atoms with Crippen LogP contribution in [0.4, 0.5) is 17.1 Å². The average Bonchev–Trinajstić information content (AvgIpc) is 2.97. The molecule has 0 amide bonds. The van der Waals surface area contributed by atoms with E-state index in [-0.39, 0.29) is 10.8 Å². The molecule has 0 aliphatic carbocycles. The van der Waals surface area contributed by atoms with Crippen molar-refractivity contribution in [1.82, 2.24) is 0 Å². The summed E-state index contributed by atoms with van der Waals surface area (Å²) in [7, 11) is 0. The van der Waals surface area contributed by atoms with Gasteiger partial charge < -0.3 is 9.64 Å². The number of para-hydroxylation sites is 2. The van der Waals surface area contributed by atoms with E-state index in [4.69, 9.17) is 4.74 Å². The van der Waals surface area contributed by atoms with Gasteiger partial charge in [-0.1, -0.05) is 94.4 Å². The fourth-order valence-corrected chi connectivity index (χ4v) is 6.50. The lowest BCUT2D eigenvalue weighted by molar-refractivity contribution is 0.418. The molecule has 0 aromatic heterocycles. The van der Waals surface area contributed by atoms with Crippen molar-refractivity contribution in [3.05, 3.63) is 137 Å². The van der Waals surface area contributed by atoms with E-state index in [0.717, 1.165) is 28.3 Å². The maximum Gasteiger partial charge on any atom is 0.133 e. The lowest BCUT2D eigenvalue weighted by atomic mass is 9.73. The number of ether oxygens (including phenoxy) is 1. The average molecular weight is 519 g/mol. The number of rotatable bonds is 2. The molecule has 0 N–H and O–H groups in total. The first-order chi connectivity index (χ1) is 19.3. The van der Waals surface area contributed by atoms with Gasteiger partial charge in [0.05, 0.1) is 23.0 Å². The van der Waals surface area contributed by atoms with Crippen LogP contribution < -0.4 is 9.64 Å². The van der Waals surface area contributed by atoms with Crippen LogP contribution in [0.1, 0.15) is 55.5 Å². The zero-order valence-corrected chi connectivity index (χ0v) is 23.2. The summed E-state index contributed by atoms with van der Waals surface area (Å²) >= 11 is 0. The third kappa shape index (κ3) is 3.50. The topological polar surface area (TPSA) is 36.3 Å². The molecule has 0 saturated heterocycles. The van der Waals surface area contributed by atoms with Gasteiger partial charge in [-0.15, -0.1) is 0 Å². The van der Waals surface area contributed by atoms with Crippen molar-refractivity contribution < 1.29 is 4.74 Å². The maximum atomic E-state index is 9.18. The molecular formula is C37H30N2O. The Morgan fingerprint density at radius 3 is 1.73 bits per heavy atom. The normalized spacial score (nSPS) is 15.5. The number of anilines is 3. The molecule has 0 radical (unpaired) electrons. The third-order valence-electron chi connectivity index (χ3n) is 8.76. The van der Waals surface area contributed by atoms with Gasteiger partial charge in [0.2, 0.25) is 0 Å². The summed E-state index contributed by atoms with van der Waals surface area (Å²) in [4.78, 5) is 2.37. The van der Waals surface area contributed by atoms with E-state index in [9.17, 15) is 5.26 Å². The Bertz CT molecular complexity index is 1790. The van der Waals surface area contributed by atoms with Crippen molar-refractivity contribution in [2.75, 3.05) is 4.90 Å². The molecule has 0 atom stereocenters. The van der Waals surface area contributed by atoms with E-state index in [0.29, 0.717) is 5.56 Å². The molecule has 7 rings (SSSR count). The van der Waals surface area contributed by atoms with Crippen LogP contribution in [0, 0.1) is 11.3 Å². The second-order valence-electron chi connectivity index (χ2n) is 11.8. The summed E-state index contributed by atoms with van der Waals surface area (Å²) in [5.74, 6) is 1.75. The smallest absolute Gasteiger partial charge is 0.133 e. The SMILES string of the molecule is CC1(C)c2ccc(-c3ccc(C#N)cc3)cc2Oc2cc(N3c4ccccc4C(C)(C)c4ccccc43)ccc21. The summed E-state index contributed by atoms with van der Waals surface area (Å²) < 4.78 is 6.69. The highest BCUT2D eigenvalue weighted by atomic mass is 16.5. The first-order valence-electron chi connectivity index (χ1n) is 13.8. The summed E-state index contributed by atoms with van der Waals surface area (Å²) in [5.41, 5.74) is 10.9. The lowest BCUT2D eigenvalue weighted by Gasteiger charge is -2.42. The van der Waals surface area contributed by atoms with Gasteiger partial charge in [0.1, 0.15) is 11.5 Å². The molecule has 0 saturated carbocycles. The standard InChI is InChI=1S/C37H30N2O/c1-36(2)28-9-5-7-11-32(28)39(33-12-8-6-10-29(33)36)27-18-20-31-35(22-27)40-34-21-26(17-19-30(34)37(31,3)4)25-15-13-24(23-38)14-16-25/h5-22H,1-4H3. The monoisotopic (exact) mass is 518 g/mol. The van der Waals surface area contributed by atoms with Gasteiger partial charge in [0.15, 0.2) is 0 Å². The quantitative estimate of drug-likeness (QED) is 0.233. The van der Waals surface area contributed by atoms with Crippen LogP contribution in [0.2, 0.25) is 0 Å². The largest absolute Gasteiger partial charge is 0.457 e. The lowest BCUT2D eigenvalue weighted by Crippen LogP contribution is -2.30. The van der Waals surface area contributed by atoms with Gasteiger partial charge in [-0.3, -0.25) is 0 Å². The highest BCUT2D eigenvalue weighted by Gasteiger charge is 2.38. The highest BCUT2D eigenvalue weighted by Crippen LogP contribution is 2.54. The van der Waals surface area contributed by atoms with Gasteiger partial charge in [0, 0.05) is 33.7 Å². The van der Waals surface area contributed by atoms with Crippen molar-refractivity contribution >= 4 is 17.1 Å². The Kier molecular flexibility index (Phi) is 5.21. The molecule has 0 fully saturated rings. The fraction of sp³-hybridized carbons (Fsp3) is 0.162. The van der Waals surface area contributed by atoms with Crippen LogP contribution in [-0.2, 0) is 10.8 Å². The van der Waals surface area contributed by atoms with Crippen molar-refractivity contribution in [2.45, 2.75) is 38.5 Å². The van der Waals surface area contributed by atoms with Gasteiger partial charge >= 0.3 is 0 Å². The predicted octanol–water partition coefficient (Wildman–Crippen LogP) is 9.77. The molecule has 2 aliphatic rings. The number of hydrogen-bond acceptors (Lipinski definition) is 3. The molecule has 2 aliphatic heterocycles. The van der Waals surface area contributed by atoms with Crippen LogP contribution in [-0.4, -0.2) is 0 Å². The van der Waals surface area contributed by atoms with Crippen LogP contribution in [0.25, 0.3) is 11.1 Å². The Hall–Kier alpha value is -4.81. The van der Waals surface area contributed by atoms with Crippen molar-refractivity contribution in [2.24, 2.45) is 0 Å². The van der Waals surface area contributed by atoms with Crippen LogP contribution in [0.15, 0.2) is 109 Å². The summed E-state index contributed by atoms with van der Waals surface area (Å²) in [6.45, 7) is 9.15. The minimum absolute atomic E-state index is 0.100. The molecule has 3 heteroatoms. The second-order valence-corrected chi connectivity index (χ2v) is 11.8. The molecule has 2 heterocycles. The van der Waals surface area contributed by atoms with E-state index < -0.39 is 0 Å². The van der Waals surface area contributed by atoms with Gasteiger partial charge in [-0.2, -0.15) is 5.26 Å². The summed E-state index contributed by atoms with van der Waals surface area (Å²) in [5, 5.41) is 9.18. The first kappa shape index (κ1) is 24.2. The molecule has 3 nitrogen and oxygen atoms in total. The predicted molar refractivity (Wildman–Crippen MR) is 162 cm³/mol. The number of fused-ring (bicyclic) bond motifs is 4. The molecule has 0 spiro atoms. The Labute approximate surface area is 235 Å². The van der Waals surface area contributed by atoms with Crippen molar-refractivity contribution in [3.63, 3.8) is 0 Å². The van der Waals surface area contributed by atoms with E-state index in [1.165, 1.54) is 33.6 Å². The zero-order valence-electron chi connectivity index (χ0n) is 23.2. The molecule has 5 aromatic rings. The summed E-state index contributed by atoms with van der Waals surface area (Å²) in [6.07, 6.45) is 0. The van der Waals surface area contributed by atoms with Crippen LogP contribution in [0.3, 0.4) is 0 Å². The van der Waals surface area contributed by atoms with Gasteiger partial charge in [-0.05, 0) is 58.7 Å². The molecule has 40 heavy (non-hydrogen) atoms. The molecule has 194 valence electrons. The van der Waals surface area contributed by atoms with Crippen molar-refractivity contribution in [1.29, 1.82) is 5.26 Å². The highest BCUT2D eigenvalue weighted by molar-refractivity contribution is 5.86. The minimum atomic E-state index is -0.218. The Balaban J connectivity index is 1.35. The van der Waals surface area contributed by atoms with Crippen LogP contribution in [0.5, 0.6) is 11.5 Å². The number of nitriles is 1. The molecule has 0 unspecified atom stereocenters. The van der Waals surface area contributed by atoms with Gasteiger partial charge in [-0.25, -0.2) is 0 Å². The number of nitrogens with zero attached hydrogens (tertiary/aromatic N) is 2. The van der Waals surface area contributed by atoms with E-state index in [1.807, 2.05) is 24.3 Å². The fourth-order valence-electron chi connectivity index (χ4n) is 6.50. The summed E-state index contributed by atoms with van der Waals surface area (Å²) in [6, 6.07) is 40.4. The molecule has 0 bridgehead atoms. The second kappa shape index (κ2) is 8.60. The van der Waals surface area contributed by atoms with Crippen molar-refractivity contribution in [3.8, 4) is 28.7 Å². The number of hydrogen-bond donors (Lipinski definition) is 0. The maximum absolute atomic E-state index is 9.18. The van der Waals surface area contributed by atoms with Crippen LogP contribution >= 0.6 is 0 Å². The minimum Gasteiger partial charge on any atom is -0.457 e. The number of benzene rings is 5.